The number of ether oxygens (including phenoxy) is 1. The summed E-state index contributed by atoms with van der Waals surface area (Å²) in [6.45, 7) is 1.75. The van der Waals surface area contributed by atoms with Gasteiger partial charge in [-0.2, -0.15) is 5.10 Å². The summed E-state index contributed by atoms with van der Waals surface area (Å²) in [5.74, 6) is 0.448. The largest absolute Gasteiger partial charge is 0.496 e. The van der Waals surface area contributed by atoms with E-state index < -0.39 is 6.04 Å². The molecular weight excluding hydrogens is 314 g/mol. The molecule has 1 amide bonds. The summed E-state index contributed by atoms with van der Waals surface area (Å²) in [7, 11) is 1.59. The number of nitrogens with zero attached hydrogens (tertiary/aromatic N) is 1. The highest BCUT2D eigenvalue weighted by Crippen LogP contribution is 2.15. The standard InChI is InChI=1S/C17H18ClN3O2/c1-12(20-15-9-7-14(18)8-10-15)17(22)21-19-11-13-5-3-4-6-16(13)23-2/h3-12,20H,1-2H3,(H,21,22)/b19-11+. The van der Waals surface area contributed by atoms with Gasteiger partial charge in [0.1, 0.15) is 11.8 Å². The Bertz CT molecular complexity index is 686. The van der Waals surface area contributed by atoms with E-state index in [9.17, 15) is 4.79 Å². The Morgan fingerprint density at radius 2 is 1.91 bits per heavy atom. The Hall–Kier alpha value is -2.53. The number of hydrogen-bond acceptors (Lipinski definition) is 4. The molecule has 23 heavy (non-hydrogen) atoms. The summed E-state index contributed by atoms with van der Waals surface area (Å²) < 4.78 is 5.21. The van der Waals surface area contributed by atoms with Crippen LogP contribution in [0.1, 0.15) is 12.5 Å². The maximum absolute atomic E-state index is 12.0. The van der Waals surface area contributed by atoms with Gasteiger partial charge >= 0.3 is 0 Å². The second kappa shape index (κ2) is 8.19. The Balaban J connectivity index is 1.90. The van der Waals surface area contributed by atoms with Crippen LogP contribution in [0, 0.1) is 0 Å². The average Bonchev–Trinajstić information content (AvgIpc) is 2.57. The lowest BCUT2D eigenvalue weighted by Gasteiger charge is -2.13. The van der Waals surface area contributed by atoms with E-state index in [1.165, 1.54) is 0 Å². The third kappa shape index (κ3) is 5.00. The number of hydrogen-bond donors (Lipinski definition) is 2. The second-order valence-corrected chi connectivity index (χ2v) is 5.29. The number of nitrogens with one attached hydrogen (secondary N) is 2. The van der Waals surface area contributed by atoms with Crippen LogP contribution in [-0.2, 0) is 4.79 Å². The fourth-order valence-corrected chi connectivity index (χ4v) is 2.02. The lowest BCUT2D eigenvalue weighted by molar-refractivity contribution is -0.121. The van der Waals surface area contributed by atoms with E-state index in [-0.39, 0.29) is 5.91 Å². The van der Waals surface area contributed by atoms with E-state index in [4.69, 9.17) is 16.3 Å². The van der Waals surface area contributed by atoms with Crippen molar-refractivity contribution in [3.63, 3.8) is 0 Å². The van der Waals surface area contributed by atoms with Gasteiger partial charge in [0.25, 0.3) is 5.91 Å². The molecule has 2 aromatic carbocycles. The van der Waals surface area contributed by atoms with Crippen LogP contribution in [0.5, 0.6) is 5.75 Å². The normalized spacial score (nSPS) is 12.0. The van der Waals surface area contributed by atoms with Crippen LogP contribution in [-0.4, -0.2) is 25.3 Å². The summed E-state index contributed by atoms with van der Waals surface area (Å²) in [5.41, 5.74) is 4.10. The molecule has 6 heteroatoms. The highest BCUT2D eigenvalue weighted by molar-refractivity contribution is 6.30. The lowest BCUT2D eigenvalue weighted by Crippen LogP contribution is -2.34. The van der Waals surface area contributed by atoms with Crippen molar-refractivity contribution in [2.75, 3.05) is 12.4 Å². The van der Waals surface area contributed by atoms with E-state index >= 15 is 0 Å². The predicted octanol–water partition coefficient (Wildman–Crippen LogP) is 3.30. The van der Waals surface area contributed by atoms with E-state index in [1.54, 1.807) is 32.4 Å². The number of rotatable bonds is 6. The first-order valence-corrected chi connectivity index (χ1v) is 7.46. The molecule has 0 saturated carbocycles. The molecule has 0 aliphatic rings. The van der Waals surface area contributed by atoms with Crippen molar-refractivity contribution in [3.05, 3.63) is 59.1 Å². The second-order valence-electron chi connectivity index (χ2n) is 4.85. The topological polar surface area (TPSA) is 62.7 Å². The van der Waals surface area contributed by atoms with Gasteiger partial charge in [0, 0.05) is 16.3 Å². The van der Waals surface area contributed by atoms with Crippen molar-refractivity contribution >= 4 is 29.4 Å². The molecule has 0 bridgehead atoms. The van der Waals surface area contributed by atoms with Gasteiger partial charge in [-0.3, -0.25) is 4.79 Å². The molecule has 2 N–H and O–H groups in total. The highest BCUT2D eigenvalue weighted by atomic mass is 35.5. The molecule has 2 aromatic rings. The number of para-hydroxylation sites is 1. The predicted molar refractivity (Wildman–Crippen MR) is 93.3 cm³/mol. The fraction of sp³-hybridized carbons (Fsp3) is 0.176. The molecule has 5 nitrogen and oxygen atoms in total. The van der Waals surface area contributed by atoms with Gasteiger partial charge in [-0.15, -0.1) is 0 Å². The smallest absolute Gasteiger partial charge is 0.262 e. The van der Waals surface area contributed by atoms with Crippen LogP contribution in [0.15, 0.2) is 53.6 Å². The zero-order chi connectivity index (χ0) is 16.7. The molecule has 0 aromatic heterocycles. The van der Waals surface area contributed by atoms with Gasteiger partial charge < -0.3 is 10.1 Å². The zero-order valence-electron chi connectivity index (χ0n) is 12.9. The molecular formula is C17H18ClN3O2. The molecule has 0 fully saturated rings. The lowest BCUT2D eigenvalue weighted by atomic mass is 10.2. The number of amides is 1. The van der Waals surface area contributed by atoms with Crippen LogP contribution in [0.25, 0.3) is 0 Å². The number of benzene rings is 2. The summed E-state index contributed by atoms with van der Waals surface area (Å²) in [6.07, 6.45) is 1.55. The third-order valence-electron chi connectivity index (χ3n) is 3.14. The van der Waals surface area contributed by atoms with Crippen LogP contribution in [0.2, 0.25) is 5.02 Å². The Kier molecular flexibility index (Phi) is 6.00. The van der Waals surface area contributed by atoms with Crippen molar-refractivity contribution in [2.24, 2.45) is 5.10 Å². The fourth-order valence-electron chi connectivity index (χ4n) is 1.90. The molecule has 1 unspecified atom stereocenters. The number of anilines is 1. The monoisotopic (exact) mass is 331 g/mol. The summed E-state index contributed by atoms with van der Waals surface area (Å²) in [4.78, 5) is 12.0. The highest BCUT2D eigenvalue weighted by Gasteiger charge is 2.11. The van der Waals surface area contributed by atoms with Crippen molar-refractivity contribution in [1.82, 2.24) is 5.43 Å². The van der Waals surface area contributed by atoms with Crippen molar-refractivity contribution in [3.8, 4) is 5.75 Å². The minimum atomic E-state index is -0.439. The molecule has 0 heterocycles. The average molecular weight is 332 g/mol. The number of carbonyl (C=O) groups excluding carboxylic acids is 1. The third-order valence-corrected chi connectivity index (χ3v) is 3.39. The molecule has 2 rings (SSSR count). The van der Waals surface area contributed by atoms with E-state index in [2.05, 4.69) is 15.8 Å². The molecule has 0 saturated heterocycles. The van der Waals surface area contributed by atoms with Gasteiger partial charge in [0.2, 0.25) is 0 Å². The van der Waals surface area contributed by atoms with Gasteiger partial charge in [-0.25, -0.2) is 5.43 Å². The van der Waals surface area contributed by atoms with Gasteiger partial charge in [-0.05, 0) is 43.3 Å². The van der Waals surface area contributed by atoms with Gasteiger partial charge in [0.15, 0.2) is 0 Å². The first-order valence-electron chi connectivity index (χ1n) is 7.08. The quantitative estimate of drug-likeness (QED) is 0.630. The van der Waals surface area contributed by atoms with E-state index in [0.29, 0.717) is 10.8 Å². The minimum Gasteiger partial charge on any atom is -0.496 e. The molecule has 0 spiro atoms. The summed E-state index contributed by atoms with van der Waals surface area (Å²) in [5, 5.41) is 7.68. The molecule has 0 radical (unpaired) electrons. The van der Waals surface area contributed by atoms with Crippen LogP contribution in [0.3, 0.4) is 0 Å². The maximum Gasteiger partial charge on any atom is 0.262 e. The van der Waals surface area contributed by atoms with E-state index in [1.807, 2.05) is 36.4 Å². The van der Waals surface area contributed by atoms with Crippen molar-refractivity contribution in [2.45, 2.75) is 13.0 Å². The Labute approximate surface area is 140 Å². The zero-order valence-corrected chi connectivity index (χ0v) is 13.7. The number of methoxy groups -OCH3 is 1. The summed E-state index contributed by atoms with van der Waals surface area (Å²) in [6, 6.07) is 14.1. The summed E-state index contributed by atoms with van der Waals surface area (Å²) >= 11 is 5.83. The number of halogens is 1. The molecule has 1 atom stereocenters. The van der Waals surface area contributed by atoms with Crippen LogP contribution >= 0.6 is 11.6 Å². The SMILES string of the molecule is COc1ccccc1/C=N/NC(=O)C(C)Nc1ccc(Cl)cc1. The van der Waals surface area contributed by atoms with E-state index in [0.717, 1.165) is 11.3 Å². The molecule has 0 aliphatic carbocycles. The first-order chi connectivity index (χ1) is 11.1. The Morgan fingerprint density at radius 3 is 2.61 bits per heavy atom. The van der Waals surface area contributed by atoms with Crippen LogP contribution < -0.4 is 15.5 Å². The number of hydrazone groups is 1. The number of carbonyl (C=O) groups is 1. The Morgan fingerprint density at radius 1 is 1.22 bits per heavy atom. The minimum absolute atomic E-state index is 0.244. The van der Waals surface area contributed by atoms with Gasteiger partial charge in [0.05, 0.1) is 13.3 Å². The maximum atomic E-state index is 12.0. The molecule has 120 valence electrons. The van der Waals surface area contributed by atoms with Crippen molar-refractivity contribution in [1.29, 1.82) is 0 Å². The first kappa shape index (κ1) is 16.8. The van der Waals surface area contributed by atoms with Crippen LogP contribution in [0.4, 0.5) is 5.69 Å². The van der Waals surface area contributed by atoms with Gasteiger partial charge in [-0.1, -0.05) is 23.7 Å². The molecule has 0 aliphatic heterocycles. The van der Waals surface area contributed by atoms with Crippen molar-refractivity contribution < 1.29 is 9.53 Å².